The fraction of sp³-hybridized carbons (Fsp3) is 0.308. The highest BCUT2D eigenvalue weighted by Gasteiger charge is 2.18. The van der Waals surface area contributed by atoms with Gasteiger partial charge >= 0.3 is 0 Å². The Balaban J connectivity index is 1.73. The van der Waals surface area contributed by atoms with E-state index in [1.54, 1.807) is 11.3 Å². The maximum absolute atomic E-state index is 4.27. The zero-order chi connectivity index (χ0) is 10.8. The van der Waals surface area contributed by atoms with Crippen molar-refractivity contribution in [1.82, 2.24) is 4.98 Å². The van der Waals surface area contributed by atoms with Crippen LogP contribution in [-0.2, 0) is 12.8 Å². The van der Waals surface area contributed by atoms with Crippen molar-refractivity contribution in [3.8, 4) is 0 Å². The quantitative estimate of drug-likeness (QED) is 0.857. The van der Waals surface area contributed by atoms with E-state index in [1.165, 1.54) is 24.0 Å². The summed E-state index contributed by atoms with van der Waals surface area (Å²) in [6.45, 7) is 0. The van der Waals surface area contributed by atoms with Gasteiger partial charge in [0.05, 0.1) is 0 Å². The number of thiazole rings is 1. The number of hydrogen-bond donors (Lipinski definition) is 1. The van der Waals surface area contributed by atoms with Crippen LogP contribution >= 0.6 is 11.3 Å². The standard InChI is InChI=1S/C13H14N2S/c1-2-4-11-9-12(6-5-10(11)3-1)15-13-14-7-8-16-13/h1-4,7-8,12H,5-6,9H2,(H,14,15). The lowest BCUT2D eigenvalue weighted by Crippen LogP contribution is -2.27. The summed E-state index contributed by atoms with van der Waals surface area (Å²) in [5.41, 5.74) is 3.00. The Morgan fingerprint density at radius 2 is 2.12 bits per heavy atom. The van der Waals surface area contributed by atoms with E-state index in [2.05, 4.69) is 34.6 Å². The Morgan fingerprint density at radius 3 is 2.94 bits per heavy atom. The number of nitrogens with one attached hydrogen (secondary N) is 1. The van der Waals surface area contributed by atoms with Gasteiger partial charge in [-0.2, -0.15) is 0 Å². The van der Waals surface area contributed by atoms with Crippen molar-refractivity contribution >= 4 is 16.5 Å². The van der Waals surface area contributed by atoms with Gasteiger partial charge < -0.3 is 5.32 Å². The SMILES string of the molecule is c1ccc2c(c1)CCC(Nc1nccs1)C2. The topological polar surface area (TPSA) is 24.9 Å². The van der Waals surface area contributed by atoms with E-state index in [9.17, 15) is 0 Å². The lowest BCUT2D eigenvalue weighted by atomic mass is 9.88. The molecule has 1 atom stereocenters. The molecule has 2 aromatic rings. The van der Waals surface area contributed by atoms with E-state index in [-0.39, 0.29) is 0 Å². The van der Waals surface area contributed by atoms with Crippen molar-refractivity contribution in [2.45, 2.75) is 25.3 Å². The molecular weight excluding hydrogens is 216 g/mol. The first-order chi connectivity index (χ1) is 7.92. The zero-order valence-corrected chi connectivity index (χ0v) is 9.83. The van der Waals surface area contributed by atoms with E-state index >= 15 is 0 Å². The van der Waals surface area contributed by atoms with Crippen molar-refractivity contribution in [2.75, 3.05) is 5.32 Å². The van der Waals surface area contributed by atoms with Crippen molar-refractivity contribution in [3.05, 3.63) is 47.0 Å². The third kappa shape index (κ3) is 1.95. The molecule has 1 aromatic carbocycles. The number of aromatic nitrogens is 1. The van der Waals surface area contributed by atoms with Gasteiger partial charge in [-0.25, -0.2) is 4.98 Å². The van der Waals surface area contributed by atoms with Crippen LogP contribution < -0.4 is 5.32 Å². The van der Waals surface area contributed by atoms with Gasteiger partial charge in [0, 0.05) is 17.6 Å². The van der Waals surface area contributed by atoms with Gasteiger partial charge in [0.1, 0.15) is 0 Å². The normalized spacial score (nSPS) is 19.1. The minimum Gasteiger partial charge on any atom is -0.358 e. The highest BCUT2D eigenvalue weighted by Crippen LogP contribution is 2.24. The highest BCUT2D eigenvalue weighted by atomic mass is 32.1. The molecule has 16 heavy (non-hydrogen) atoms. The van der Waals surface area contributed by atoms with E-state index in [0.29, 0.717) is 6.04 Å². The van der Waals surface area contributed by atoms with Crippen molar-refractivity contribution in [2.24, 2.45) is 0 Å². The van der Waals surface area contributed by atoms with Crippen LogP contribution in [0.2, 0.25) is 0 Å². The maximum atomic E-state index is 4.27. The Morgan fingerprint density at radius 1 is 1.25 bits per heavy atom. The zero-order valence-electron chi connectivity index (χ0n) is 9.02. The van der Waals surface area contributed by atoms with Crippen LogP contribution in [0.25, 0.3) is 0 Å². The average Bonchev–Trinajstić information content (AvgIpc) is 2.82. The van der Waals surface area contributed by atoms with E-state index in [1.807, 2.05) is 11.6 Å². The smallest absolute Gasteiger partial charge is 0.182 e. The van der Waals surface area contributed by atoms with Crippen molar-refractivity contribution in [1.29, 1.82) is 0 Å². The molecule has 0 saturated heterocycles. The summed E-state index contributed by atoms with van der Waals surface area (Å²) in [7, 11) is 0. The second kappa shape index (κ2) is 4.26. The van der Waals surface area contributed by atoms with Gasteiger partial charge in [-0.05, 0) is 30.4 Å². The van der Waals surface area contributed by atoms with Crippen LogP contribution in [0.1, 0.15) is 17.5 Å². The summed E-state index contributed by atoms with van der Waals surface area (Å²) in [5, 5.41) is 6.57. The van der Waals surface area contributed by atoms with Crippen molar-refractivity contribution < 1.29 is 0 Å². The summed E-state index contributed by atoms with van der Waals surface area (Å²) in [6.07, 6.45) is 5.36. The minimum absolute atomic E-state index is 0.543. The molecule has 82 valence electrons. The molecule has 0 spiro atoms. The molecule has 1 aromatic heterocycles. The third-order valence-corrected chi connectivity index (χ3v) is 3.81. The Bertz CT molecular complexity index is 465. The Hall–Kier alpha value is -1.35. The number of anilines is 1. The van der Waals surface area contributed by atoms with Crippen LogP contribution in [0.4, 0.5) is 5.13 Å². The van der Waals surface area contributed by atoms with Crippen LogP contribution in [-0.4, -0.2) is 11.0 Å². The molecule has 0 radical (unpaired) electrons. The van der Waals surface area contributed by atoms with Gasteiger partial charge in [-0.3, -0.25) is 0 Å². The average molecular weight is 230 g/mol. The number of aryl methyl sites for hydroxylation is 1. The molecule has 1 N–H and O–H groups in total. The second-order valence-electron chi connectivity index (χ2n) is 4.19. The fourth-order valence-corrected chi connectivity index (χ4v) is 2.90. The first kappa shape index (κ1) is 9.85. The molecule has 0 amide bonds. The van der Waals surface area contributed by atoms with Gasteiger partial charge in [0.15, 0.2) is 5.13 Å². The molecular formula is C13H14N2S. The van der Waals surface area contributed by atoms with Crippen LogP contribution in [0.5, 0.6) is 0 Å². The molecule has 0 aliphatic heterocycles. The molecule has 1 heterocycles. The first-order valence-corrected chi connectivity index (χ1v) is 6.52. The predicted molar refractivity (Wildman–Crippen MR) is 68.0 cm³/mol. The number of rotatable bonds is 2. The van der Waals surface area contributed by atoms with E-state index in [4.69, 9.17) is 0 Å². The molecule has 0 saturated carbocycles. The molecule has 3 heteroatoms. The fourth-order valence-electron chi connectivity index (χ4n) is 2.29. The Kier molecular flexibility index (Phi) is 2.62. The summed E-state index contributed by atoms with van der Waals surface area (Å²) in [5.74, 6) is 0. The summed E-state index contributed by atoms with van der Waals surface area (Å²) in [4.78, 5) is 4.27. The minimum atomic E-state index is 0.543. The van der Waals surface area contributed by atoms with Gasteiger partial charge in [0.25, 0.3) is 0 Å². The molecule has 0 bridgehead atoms. The van der Waals surface area contributed by atoms with Gasteiger partial charge in [0.2, 0.25) is 0 Å². The van der Waals surface area contributed by atoms with Crippen LogP contribution in [0.3, 0.4) is 0 Å². The lowest BCUT2D eigenvalue weighted by Gasteiger charge is -2.25. The lowest BCUT2D eigenvalue weighted by molar-refractivity contribution is 0.610. The van der Waals surface area contributed by atoms with Gasteiger partial charge in [-0.1, -0.05) is 24.3 Å². The maximum Gasteiger partial charge on any atom is 0.182 e. The monoisotopic (exact) mass is 230 g/mol. The molecule has 1 aliphatic rings. The van der Waals surface area contributed by atoms with Crippen LogP contribution in [0, 0.1) is 0 Å². The van der Waals surface area contributed by atoms with Crippen molar-refractivity contribution in [3.63, 3.8) is 0 Å². The number of fused-ring (bicyclic) bond motifs is 1. The van der Waals surface area contributed by atoms with E-state index in [0.717, 1.165) is 11.6 Å². The molecule has 2 nitrogen and oxygen atoms in total. The highest BCUT2D eigenvalue weighted by molar-refractivity contribution is 7.13. The predicted octanol–water partition coefficient (Wildman–Crippen LogP) is 3.11. The summed E-state index contributed by atoms with van der Waals surface area (Å²) >= 11 is 1.68. The molecule has 1 aliphatic carbocycles. The van der Waals surface area contributed by atoms with E-state index < -0.39 is 0 Å². The number of hydrogen-bond acceptors (Lipinski definition) is 3. The summed E-state index contributed by atoms with van der Waals surface area (Å²) < 4.78 is 0. The largest absolute Gasteiger partial charge is 0.358 e. The van der Waals surface area contributed by atoms with Crippen LogP contribution in [0.15, 0.2) is 35.8 Å². The number of benzene rings is 1. The second-order valence-corrected chi connectivity index (χ2v) is 5.08. The molecule has 3 rings (SSSR count). The molecule has 1 unspecified atom stereocenters. The number of nitrogens with zero attached hydrogens (tertiary/aromatic N) is 1. The summed E-state index contributed by atoms with van der Waals surface area (Å²) in [6, 6.07) is 9.29. The molecule has 0 fully saturated rings. The third-order valence-electron chi connectivity index (χ3n) is 3.11. The van der Waals surface area contributed by atoms with Gasteiger partial charge in [-0.15, -0.1) is 11.3 Å². The Labute approximate surface area is 99.4 Å². The first-order valence-electron chi connectivity index (χ1n) is 5.64.